The Morgan fingerprint density at radius 1 is 0.966 bits per heavy atom. The predicted octanol–water partition coefficient (Wildman–Crippen LogP) is 2.81. The lowest BCUT2D eigenvalue weighted by Gasteiger charge is -2.42. The molecular formula is C23H25FN2O3. The minimum absolute atomic E-state index is 0.0131. The zero-order valence-corrected chi connectivity index (χ0v) is 16.3. The lowest BCUT2D eigenvalue weighted by Crippen LogP contribution is -2.47. The molecule has 2 heterocycles. The highest BCUT2D eigenvalue weighted by Gasteiger charge is 2.49. The number of aliphatic hydroxyl groups is 1. The summed E-state index contributed by atoms with van der Waals surface area (Å²) >= 11 is 0. The number of piperidine rings is 1. The third-order valence-electron chi connectivity index (χ3n) is 6.49. The predicted molar refractivity (Wildman–Crippen MR) is 107 cm³/mol. The van der Waals surface area contributed by atoms with Crippen molar-refractivity contribution in [1.29, 1.82) is 0 Å². The summed E-state index contributed by atoms with van der Waals surface area (Å²) in [6.07, 6.45) is 1.38. The van der Waals surface area contributed by atoms with Crippen molar-refractivity contribution < 1.29 is 19.1 Å². The van der Waals surface area contributed by atoms with E-state index < -0.39 is 5.82 Å². The van der Waals surface area contributed by atoms with Crippen molar-refractivity contribution in [2.45, 2.75) is 12.8 Å². The van der Waals surface area contributed by atoms with Crippen LogP contribution in [0, 0.1) is 17.2 Å². The summed E-state index contributed by atoms with van der Waals surface area (Å²) < 4.78 is 14.0. The van der Waals surface area contributed by atoms with Crippen molar-refractivity contribution in [3.05, 3.63) is 71.5 Å². The number of rotatable bonds is 3. The first-order valence-electron chi connectivity index (χ1n) is 10.0. The van der Waals surface area contributed by atoms with E-state index in [9.17, 15) is 19.1 Å². The average Bonchev–Trinajstić information content (AvgIpc) is 3.12. The van der Waals surface area contributed by atoms with Gasteiger partial charge in [-0.2, -0.15) is 0 Å². The van der Waals surface area contributed by atoms with Crippen LogP contribution in [0.3, 0.4) is 0 Å². The maximum Gasteiger partial charge on any atom is 0.256 e. The van der Waals surface area contributed by atoms with E-state index in [1.807, 2.05) is 23.1 Å². The molecule has 0 aliphatic carbocycles. The van der Waals surface area contributed by atoms with Crippen molar-refractivity contribution in [2.24, 2.45) is 11.3 Å². The van der Waals surface area contributed by atoms with Crippen LogP contribution in [0.2, 0.25) is 0 Å². The molecule has 0 radical (unpaired) electrons. The average molecular weight is 396 g/mol. The van der Waals surface area contributed by atoms with Gasteiger partial charge in [0.2, 0.25) is 0 Å². The molecule has 1 atom stereocenters. The molecule has 29 heavy (non-hydrogen) atoms. The summed E-state index contributed by atoms with van der Waals surface area (Å²) in [5, 5.41) is 9.97. The van der Waals surface area contributed by atoms with Gasteiger partial charge in [0.25, 0.3) is 11.8 Å². The van der Waals surface area contributed by atoms with Crippen LogP contribution in [0.4, 0.5) is 4.39 Å². The Labute approximate surface area is 169 Å². The van der Waals surface area contributed by atoms with E-state index in [1.54, 1.807) is 29.2 Å². The summed E-state index contributed by atoms with van der Waals surface area (Å²) in [6.45, 7) is 2.10. The van der Waals surface area contributed by atoms with E-state index in [1.165, 1.54) is 12.1 Å². The maximum absolute atomic E-state index is 14.0. The number of benzene rings is 2. The molecule has 2 fully saturated rings. The third kappa shape index (κ3) is 3.65. The molecule has 1 spiro atoms. The molecule has 6 heteroatoms. The van der Waals surface area contributed by atoms with E-state index in [0.29, 0.717) is 44.6 Å². The molecule has 4 rings (SSSR count). The van der Waals surface area contributed by atoms with Crippen LogP contribution in [0.5, 0.6) is 0 Å². The summed E-state index contributed by atoms with van der Waals surface area (Å²) in [6, 6.07) is 15.2. The fourth-order valence-corrected chi connectivity index (χ4v) is 4.73. The maximum atomic E-state index is 14.0. The number of carbonyl (C=O) groups is 2. The topological polar surface area (TPSA) is 60.9 Å². The van der Waals surface area contributed by atoms with Crippen LogP contribution in [-0.2, 0) is 0 Å². The summed E-state index contributed by atoms with van der Waals surface area (Å²) in [4.78, 5) is 29.1. The number of aliphatic hydroxyl groups excluding tert-OH is 1. The van der Waals surface area contributed by atoms with Crippen molar-refractivity contribution in [3.8, 4) is 0 Å². The van der Waals surface area contributed by atoms with Gasteiger partial charge in [0.15, 0.2) is 0 Å². The number of carbonyl (C=O) groups excluding carboxylic acids is 2. The first kappa shape index (κ1) is 19.6. The minimum atomic E-state index is -0.508. The first-order chi connectivity index (χ1) is 14.0. The largest absolute Gasteiger partial charge is 0.396 e. The van der Waals surface area contributed by atoms with E-state index in [4.69, 9.17) is 0 Å². The lowest BCUT2D eigenvalue weighted by atomic mass is 9.71. The number of hydrogen-bond donors (Lipinski definition) is 1. The van der Waals surface area contributed by atoms with Crippen LogP contribution >= 0.6 is 0 Å². The Hall–Kier alpha value is -2.73. The van der Waals surface area contributed by atoms with E-state index in [-0.39, 0.29) is 35.3 Å². The quantitative estimate of drug-likeness (QED) is 0.868. The molecule has 0 aromatic heterocycles. The van der Waals surface area contributed by atoms with Gasteiger partial charge < -0.3 is 14.9 Å². The normalized spacial score (nSPS) is 20.8. The Bertz CT molecular complexity index is 894. The van der Waals surface area contributed by atoms with Crippen molar-refractivity contribution >= 4 is 11.8 Å². The third-order valence-corrected chi connectivity index (χ3v) is 6.49. The highest BCUT2D eigenvalue weighted by Crippen LogP contribution is 2.45. The van der Waals surface area contributed by atoms with Crippen LogP contribution in [0.25, 0.3) is 0 Å². The second-order valence-electron chi connectivity index (χ2n) is 8.07. The van der Waals surface area contributed by atoms with Gasteiger partial charge in [-0.3, -0.25) is 9.59 Å². The second-order valence-corrected chi connectivity index (χ2v) is 8.07. The van der Waals surface area contributed by atoms with E-state index in [0.717, 1.165) is 0 Å². The summed E-state index contributed by atoms with van der Waals surface area (Å²) in [7, 11) is 0. The Kier molecular flexibility index (Phi) is 5.37. The van der Waals surface area contributed by atoms with Gasteiger partial charge in [-0.15, -0.1) is 0 Å². The number of amides is 2. The first-order valence-corrected chi connectivity index (χ1v) is 10.0. The highest BCUT2D eigenvalue weighted by atomic mass is 19.1. The zero-order valence-electron chi connectivity index (χ0n) is 16.3. The smallest absolute Gasteiger partial charge is 0.256 e. The number of nitrogens with zero attached hydrogens (tertiary/aromatic N) is 2. The van der Waals surface area contributed by atoms with Gasteiger partial charge in [0, 0.05) is 44.3 Å². The van der Waals surface area contributed by atoms with Gasteiger partial charge in [0.1, 0.15) is 5.82 Å². The molecule has 2 aliphatic heterocycles. The molecule has 0 bridgehead atoms. The zero-order chi connectivity index (χ0) is 20.4. The monoisotopic (exact) mass is 396 g/mol. The number of halogens is 1. The molecule has 1 N–H and O–H groups in total. The van der Waals surface area contributed by atoms with E-state index >= 15 is 0 Å². The minimum Gasteiger partial charge on any atom is -0.396 e. The van der Waals surface area contributed by atoms with Crippen molar-refractivity contribution in [2.75, 3.05) is 32.8 Å². The second kappa shape index (κ2) is 7.95. The molecule has 0 saturated carbocycles. The van der Waals surface area contributed by atoms with Crippen molar-refractivity contribution in [3.63, 3.8) is 0 Å². The fraction of sp³-hybridized carbons (Fsp3) is 0.391. The van der Waals surface area contributed by atoms with Gasteiger partial charge in [-0.05, 0) is 42.5 Å². The molecule has 0 unspecified atom stereocenters. The molecule has 2 aromatic carbocycles. The lowest BCUT2D eigenvalue weighted by molar-refractivity contribution is 0.0393. The van der Waals surface area contributed by atoms with Crippen LogP contribution in [0.15, 0.2) is 54.6 Å². The molecule has 2 aliphatic rings. The van der Waals surface area contributed by atoms with Crippen molar-refractivity contribution in [1.82, 2.24) is 9.80 Å². The van der Waals surface area contributed by atoms with Gasteiger partial charge in [-0.1, -0.05) is 30.3 Å². The summed E-state index contributed by atoms with van der Waals surface area (Å²) in [5.74, 6) is -0.841. The fourth-order valence-electron chi connectivity index (χ4n) is 4.73. The highest BCUT2D eigenvalue weighted by molar-refractivity contribution is 5.95. The molecule has 2 aromatic rings. The molecule has 2 saturated heterocycles. The van der Waals surface area contributed by atoms with E-state index in [2.05, 4.69) is 0 Å². The Morgan fingerprint density at radius 2 is 1.62 bits per heavy atom. The number of likely N-dealkylation sites (tertiary alicyclic amines) is 2. The van der Waals surface area contributed by atoms with Crippen LogP contribution < -0.4 is 0 Å². The molecule has 5 nitrogen and oxygen atoms in total. The van der Waals surface area contributed by atoms with Gasteiger partial charge >= 0.3 is 0 Å². The van der Waals surface area contributed by atoms with Crippen LogP contribution in [0.1, 0.15) is 33.6 Å². The Balaban J connectivity index is 1.46. The molecule has 152 valence electrons. The SMILES string of the molecule is O=C(c1ccccc1)N1C[C@H](CO)C2(CCN(C(=O)c3ccccc3F)CC2)C1. The van der Waals surface area contributed by atoms with Gasteiger partial charge in [0.05, 0.1) is 5.56 Å². The molecule has 2 amide bonds. The molecular weight excluding hydrogens is 371 g/mol. The van der Waals surface area contributed by atoms with Gasteiger partial charge in [-0.25, -0.2) is 4.39 Å². The van der Waals surface area contributed by atoms with Crippen LogP contribution in [-0.4, -0.2) is 59.5 Å². The summed E-state index contributed by atoms with van der Waals surface area (Å²) in [5.41, 5.74) is 0.536. The number of hydrogen-bond acceptors (Lipinski definition) is 3. The Morgan fingerprint density at radius 3 is 2.28 bits per heavy atom. The standard InChI is InChI=1S/C23H25FN2O3/c24-20-9-5-4-8-19(20)22(29)25-12-10-23(11-13-25)16-26(14-18(23)15-27)21(28)17-6-2-1-3-7-17/h1-9,18,27H,10-16H2/t18-/m1/s1.